The molecule has 1 atom stereocenters. The zero-order chi connectivity index (χ0) is 25.5. The summed E-state index contributed by atoms with van der Waals surface area (Å²) >= 11 is 36.1. The molecule has 0 radical (unpaired) electrons. The van der Waals surface area contributed by atoms with Crippen molar-refractivity contribution in [3.63, 3.8) is 0 Å². The molecule has 1 N–H and O–H groups in total. The first-order valence-electron chi connectivity index (χ1n) is 9.52. The number of nitrogens with one attached hydrogen (secondary N) is 1. The maximum atomic E-state index is 13.1. The van der Waals surface area contributed by atoms with Crippen LogP contribution in [-0.2, 0) is 14.3 Å². The highest BCUT2D eigenvalue weighted by Crippen LogP contribution is 2.45. The monoisotopic (exact) mass is 584 g/mol. The van der Waals surface area contributed by atoms with Crippen LogP contribution in [0.3, 0.4) is 0 Å². The summed E-state index contributed by atoms with van der Waals surface area (Å²) in [7, 11) is 0. The Labute approximate surface area is 224 Å². The van der Waals surface area contributed by atoms with Gasteiger partial charge in [-0.2, -0.15) is 0 Å². The lowest BCUT2D eigenvalue weighted by molar-refractivity contribution is -0.152. The third-order valence-electron chi connectivity index (χ3n) is 4.83. The zero-order valence-corrected chi connectivity index (χ0v) is 21.9. The first kappa shape index (κ1) is 26.9. The Hall–Kier alpha value is -1.74. The third-order valence-corrected chi connectivity index (χ3v) is 7.37. The number of benzene rings is 2. The van der Waals surface area contributed by atoms with E-state index < -0.39 is 42.3 Å². The lowest BCUT2D eigenvalue weighted by Crippen LogP contribution is -2.49. The molecule has 0 bridgehead atoms. The summed E-state index contributed by atoms with van der Waals surface area (Å²) in [6, 6.07) is 3.03. The fourth-order valence-corrected chi connectivity index (χ4v) is 4.60. The van der Waals surface area contributed by atoms with Gasteiger partial charge in [0.2, 0.25) is 0 Å². The summed E-state index contributed by atoms with van der Waals surface area (Å²) in [6.45, 7) is 2.49. The Kier molecular flexibility index (Phi) is 8.28. The quantitative estimate of drug-likeness (QED) is 0.183. The Balaban J connectivity index is 1.80. The van der Waals surface area contributed by atoms with Crippen LogP contribution in [0.25, 0.3) is 0 Å². The minimum atomic E-state index is -1.38. The van der Waals surface area contributed by atoms with Gasteiger partial charge in [0, 0.05) is 5.69 Å². The van der Waals surface area contributed by atoms with Crippen molar-refractivity contribution < 1.29 is 23.9 Å². The van der Waals surface area contributed by atoms with Crippen LogP contribution in [0.4, 0.5) is 5.69 Å². The molecule has 34 heavy (non-hydrogen) atoms. The summed E-state index contributed by atoms with van der Waals surface area (Å²) in [5.41, 5.74) is -0.196. The van der Waals surface area contributed by atoms with Gasteiger partial charge in [0.05, 0.1) is 41.3 Å². The van der Waals surface area contributed by atoms with E-state index in [1.807, 2.05) is 0 Å². The molecule has 13 heteroatoms. The van der Waals surface area contributed by atoms with Crippen LogP contribution >= 0.6 is 69.6 Å². The summed E-state index contributed by atoms with van der Waals surface area (Å²) in [6.07, 6.45) is 0. The Morgan fingerprint density at radius 3 is 1.88 bits per heavy atom. The topological polar surface area (TPSA) is 92.8 Å². The van der Waals surface area contributed by atoms with E-state index in [0.29, 0.717) is 15.6 Å². The summed E-state index contributed by atoms with van der Waals surface area (Å²) in [5, 5.41) is 2.10. The van der Waals surface area contributed by atoms with Gasteiger partial charge in [0.25, 0.3) is 17.7 Å². The highest BCUT2D eigenvalue weighted by atomic mass is 35.5. The standard InChI is InChI=1S/C21H14Cl6N2O5/c1-7(2)18(21(33)34-6-11(30)28-8-3-4-9(22)10(23)5-8)29-19(31)12-13(20(29)32)15(25)17(27)16(26)14(12)24/h3-5,7,18H,6H2,1-2H3,(H,28,30)/t18-/m0/s1. The van der Waals surface area contributed by atoms with Crippen LogP contribution in [0.2, 0.25) is 30.1 Å². The molecule has 2 aromatic rings. The molecule has 0 unspecified atom stereocenters. The number of carbonyl (C=O) groups is 4. The molecule has 0 spiro atoms. The molecule has 1 aliphatic heterocycles. The maximum Gasteiger partial charge on any atom is 0.330 e. The molecule has 3 amide bonds. The molecular formula is C21H14Cl6N2O5. The van der Waals surface area contributed by atoms with Crippen LogP contribution in [-0.4, -0.2) is 41.2 Å². The van der Waals surface area contributed by atoms with Gasteiger partial charge in [-0.05, 0) is 24.1 Å². The molecule has 0 saturated heterocycles. The molecule has 0 aromatic heterocycles. The van der Waals surface area contributed by atoms with E-state index in [1.165, 1.54) is 18.2 Å². The maximum absolute atomic E-state index is 13.1. The Bertz CT molecular complexity index is 1190. The summed E-state index contributed by atoms with van der Waals surface area (Å²) < 4.78 is 5.10. The van der Waals surface area contributed by atoms with Crippen molar-refractivity contribution in [2.75, 3.05) is 11.9 Å². The molecule has 3 rings (SSSR count). The van der Waals surface area contributed by atoms with Crippen molar-refractivity contribution in [1.29, 1.82) is 0 Å². The van der Waals surface area contributed by atoms with Gasteiger partial charge >= 0.3 is 5.97 Å². The number of ether oxygens (including phenoxy) is 1. The Morgan fingerprint density at radius 2 is 1.41 bits per heavy atom. The molecule has 0 fully saturated rings. The number of fused-ring (bicyclic) bond motifs is 1. The minimum Gasteiger partial charge on any atom is -0.454 e. The number of nitrogens with zero attached hydrogens (tertiary/aromatic N) is 1. The summed E-state index contributed by atoms with van der Waals surface area (Å²) in [4.78, 5) is 51.9. The smallest absolute Gasteiger partial charge is 0.330 e. The van der Waals surface area contributed by atoms with Gasteiger partial charge in [-0.1, -0.05) is 83.5 Å². The van der Waals surface area contributed by atoms with Crippen molar-refractivity contribution in [1.82, 2.24) is 4.90 Å². The van der Waals surface area contributed by atoms with E-state index >= 15 is 0 Å². The first-order valence-corrected chi connectivity index (χ1v) is 11.8. The fraction of sp³-hybridized carbons (Fsp3) is 0.238. The van der Waals surface area contributed by atoms with E-state index in [9.17, 15) is 19.2 Å². The number of rotatable bonds is 6. The highest BCUT2D eigenvalue weighted by molar-refractivity contribution is 6.55. The van der Waals surface area contributed by atoms with Crippen LogP contribution < -0.4 is 5.32 Å². The van der Waals surface area contributed by atoms with Gasteiger partial charge in [-0.3, -0.25) is 19.3 Å². The van der Waals surface area contributed by atoms with Gasteiger partial charge in [-0.25, -0.2) is 4.79 Å². The van der Waals surface area contributed by atoms with E-state index in [4.69, 9.17) is 74.3 Å². The second-order valence-electron chi connectivity index (χ2n) is 7.46. The third kappa shape index (κ3) is 4.96. The highest BCUT2D eigenvalue weighted by Gasteiger charge is 2.48. The number of anilines is 1. The molecular weight excluding hydrogens is 573 g/mol. The molecule has 0 saturated carbocycles. The zero-order valence-electron chi connectivity index (χ0n) is 17.4. The Morgan fingerprint density at radius 1 is 0.882 bits per heavy atom. The number of esters is 1. The molecule has 2 aromatic carbocycles. The number of amides is 3. The van der Waals surface area contributed by atoms with Crippen LogP contribution in [0.1, 0.15) is 34.6 Å². The average Bonchev–Trinajstić information content (AvgIpc) is 3.02. The lowest BCUT2D eigenvalue weighted by Gasteiger charge is -2.27. The van der Waals surface area contributed by atoms with Crippen LogP contribution in [0.5, 0.6) is 0 Å². The summed E-state index contributed by atoms with van der Waals surface area (Å²) in [5.74, 6) is -4.03. The first-order chi connectivity index (χ1) is 15.9. The van der Waals surface area contributed by atoms with E-state index in [-0.39, 0.29) is 36.2 Å². The fourth-order valence-electron chi connectivity index (χ4n) is 3.29. The largest absolute Gasteiger partial charge is 0.454 e. The molecule has 7 nitrogen and oxygen atoms in total. The van der Waals surface area contributed by atoms with E-state index in [1.54, 1.807) is 13.8 Å². The molecule has 1 heterocycles. The van der Waals surface area contributed by atoms with Crippen LogP contribution in [0, 0.1) is 5.92 Å². The van der Waals surface area contributed by atoms with Gasteiger partial charge in [-0.15, -0.1) is 0 Å². The average molecular weight is 587 g/mol. The molecule has 1 aliphatic rings. The number of hydrogen-bond acceptors (Lipinski definition) is 5. The second-order valence-corrected chi connectivity index (χ2v) is 9.79. The van der Waals surface area contributed by atoms with Crippen molar-refractivity contribution in [2.45, 2.75) is 19.9 Å². The van der Waals surface area contributed by atoms with Crippen molar-refractivity contribution >= 4 is 99.0 Å². The lowest BCUT2D eigenvalue weighted by atomic mass is 10.0. The van der Waals surface area contributed by atoms with E-state index in [0.717, 1.165) is 0 Å². The number of halogens is 6. The van der Waals surface area contributed by atoms with Crippen molar-refractivity contribution in [3.8, 4) is 0 Å². The predicted octanol–water partition coefficient (Wildman–Crippen LogP) is 6.41. The van der Waals surface area contributed by atoms with Gasteiger partial charge < -0.3 is 10.1 Å². The molecule has 0 aliphatic carbocycles. The van der Waals surface area contributed by atoms with Crippen molar-refractivity contribution in [3.05, 3.63) is 59.5 Å². The predicted molar refractivity (Wildman–Crippen MR) is 132 cm³/mol. The number of hydrogen-bond donors (Lipinski definition) is 1. The minimum absolute atomic E-state index is 0.197. The van der Waals surface area contributed by atoms with Crippen LogP contribution in [0.15, 0.2) is 18.2 Å². The SMILES string of the molecule is CC(C)[C@@H](C(=O)OCC(=O)Nc1ccc(Cl)c(Cl)c1)N1C(=O)c2c(Cl)c(Cl)c(Cl)c(Cl)c2C1=O. The normalized spacial score (nSPS) is 13.9. The molecule has 180 valence electrons. The van der Waals surface area contributed by atoms with E-state index in [2.05, 4.69) is 5.32 Å². The van der Waals surface area contributed by atoms with Gasteiger partial charge in [0.15, 0.2) is 6.61 Å². The second kappa shape index (κ2) is 10.5. The van der Waals surface area contributed by atoms with Crippen molar-refractivity contribution in [2.24, 2.45) is 5.92 Å². The number of imide groups is 1. The van der Waals surface area contributed by atoms with Gasteiger partial charge in [0.1, 0.15) is 6.04 Å². The number of carbonyl (C=O) groups excluding carboxylic acids is 4.